The van der Waals surface area contributed by atoms with Crippen molar-refractivity contribution in [2.24, 2.45) is 0 Å². The molecular weight excluding hydrogens is 318 g/mol. The zero-order valence-corrected chi connectivity index (χ0v) is 14.0. The zero-order chi connectivity index (χ0) is 16.9. The summed E-state index contributed by atoms with van der Waals surface area (Å²) in [4.78, 5) is -0.0563. The lowest BCUT2D eigenvalue weighted by Gasteiger charge is -2.15. The summed E-state index contributed by atoms with van der Waals surface area (Å²) in [5, 5.41) is 0. The molecule has 23 heavy (non-hydrogen) atoms. The lowest BCUT2D eigenvalue weighted by Crippen LogP contribution is -2.24. The molecule has 0 aliphatic carbocycles. The number of benzene rings is 2. The second-order valence-corrected chi connectivity index (χ2v) is 6.37. The summed E-state index contributed by atoms with van der Waals surface area (Å²) >= 11 is 0. The van der Waals surface area contributed by atoms with Gasteiger partial charge in [0.05, 0.1) is 21.3 Å². The fourth-order valence-electron chi connectivity index (χ4n) is 2.08. The van der Waals surface area contributed by atoms with Gasteiger partial charge in [-0.25, -0.2) is 13.1 Å². The van der Waals surface area contributed by atoms with Gasteiger partial charge in [-0.05, 0) is 5.56 Å². The van der Waals surface area contributed by atoms with Gasteiger partial charge in [0.2, 0.25) is 10.0 Å². The molecule has 0 heterocycles. The molecule has 0 aliphatic rings. The minimum absolute atomic E-state index is 0.0563. The molecule has 124 valence electrons. The average Bonchev–Trinajstić information content (AvgIpc) is 2.59. The summed E-state index contributed by atoms with van der Waals surface area (Å²) in [6.45, 7) is 0.168. The van der Waals surface area contributed by atoms with Crippen LogP contribution in [-0.2, 0) is 16.6 Å². The molecule has 0 aromatic heterocycles. The van der Waals surface area contributed by atoms with E-state index in [2.05, 4.69) is 4.72 Å². The van der Waals surface area contributed by atoms with Crippen LogP contribution in [0.2, 0.25) is 0 Å². The van der Waals surface area contributed by atoms with Gasteiger partial charge in [-0.15, -0.1) is 0 Å². The molecule has 0 saturated carbocycles. The Bertz CT molecular complexity index is 734. The largest absolute Gasteiger partial charge is 0.496 e. The molecule has 2 aromatic carbocycles. The Kier molecular flexibility index (Phi) is 5.46. The third-order valence-corrected chi connectivity index (χ3v) is 4.71. The number of hydrogen-bond acceptors (Lipinski definition) is 5. The van der Waals surface area contributed by atoms with Gasteiger partial charge in [0.1, 0.15) is 17.2 Å². The Hall–Kier alpha value is -2.25. The minimum Gasteiger partial charge on any atom is -0.496 e. The number of methoxy groups -OCH3 is 3. The van der Waals surface area contributed by atoms with Gasteiger partial charge in [0.25, 0.3) is 0 Å². The van der Waals surface area contributed by atoms with E-state index < -0.39 is 10.0 Å². The Morgan fingerprint density at radius 2 is 1.48 bits per heavy atom. The van der Waals surface area contributed by atoms with Gasteiger partial charge < -0.3 is 14.2 Å². The summed E-state index contributed by atoms with van der Waals surface area (Å²) in [5.41, 5.74) is 0.850. The Balaban J connectivity index is 2.38. The number of sulfonamides is 1. The maximum atomic E-state index is 12.7. The van der Waals surface area contributed by atoms with Crippen molar-refractivity contribution in [2.75, 3.05) is 21.3 Å². The monoisotopic (exact) mass is 337 g/mol. The highest BCUT2D eigenvalue weighted by atomic mass is 32.2. The first-order chi connectivity index (χ1) is 11.0. The second kappa shape index (κ2) is 7.34. The van der Waals surface area contributed by atoms with Crippen LogP contribution in [0.1, 0.15) is 5.56 Å². The molecule has 0 radical (unpaired) electrons. The van der Waals surface area contributed by atoms with Gasteiger partial charge in [-0.2, -0.15) is 0 Å². The highest BCUT2D eigenvalue weighted by Gasteiger charge is 2.26. The van der Waals surface area contributed by atoms with Crippen LogP contribution in [0.15, 0.2) is 47.4 Å². The molecule has 0 unspecified atom stereocenters. The zero-order valence-electron chi connectivity index (χ0n) is 13.2. The van der Waals surface area contributed by atoms with Crippen molar-refractivity contribution in [1.29, 1.82) is 0 Å². The molecule has 0 spiro atoms. The van der Waals surface area contributed by atoms with E-state index in [1.807, 2.05) is 30.3 Å². The van der Waals surface area contributed by atoms with Crippen molar-refractivity contribution in [3.63, 3.8) is 0 Å². The first-order valence-electron chi connectivity index (χ1n) is 6.85. The van der Waals surface area contributed by atoms with Gasteiger partial charge >= 0.3 is 0 Å². The van der Waals surface area contributed by atoms with Crippen molar-refractivity contribution < 1.29 is 22.6 Å². The number of hydrogen-bond donors (Lipinski definition) is 1. The second-order valence-electron chi connectivity index (χ2n) is 4.67. The smallest absolute Gasteiger partial charge is 0.248 e. The van der Waals surface area contributed by atoms with E-state index in [-0.39, 0.29) is 22.9 Å². The van der Waals surface area contributed by atoms with Crippen molar-refractivity contribution >= 4 is 10.0 Å². The van der Waals surface area contributed by atoms with Crippen LogP contribution in [0.4, 0.5) is 0 Å². The van der Waals surface area contributed by atoms with E-state index >= 15 is 0 Å². The molecule has 0 fully saturated rings. The van der Waals surface area contributed by atoms with Gasteiger partial charge in [0.15, 0.2) is 4.90 Å². The summed E-state index contributed by atoms with van der Waals surface area (Å²) < 4.78 is 43.4. The topological polar surface area (TPSA) is 73.9 Å². The van der Waals surface area contributed by atoms with E-state index in [0.29, 0.717) is 5.75 Å². The summed E-state index contributed by atoms with van der Waals surface area (Å²) in [7, 11) is 0.444. The maximum absolute atomic E-state index is 12.7. The SMILES string of the molecule is COc1cc(OC)c(S(=O)(=O)NCc2ccccc2)c(OC)c1. The third kappa shape index (κ3) is 3.94. The van der Waals surface area contributed by atoms with E-state index in [0.717, 1.165) is 5.56 Å². The molecule has 0 atom stereocenters. The molecule has 1 N–H and O–H groups in total. The molecule has 6 nitrogen and oxygen atoms in total. The van der Waals surface area contributed by atoms with Crippen LogP contribution >= 0.6 is 0 Å². The first-order valence-corrected chi connectivity index (χ1v) is 8.33. The van der Waals surface area contributed by atoms with Crippen LogP contribution in [0.25, 0.3) is 0 Å². The van der Waals surface area contributed by atoms with Crippen molar-refractivity contribution in [1.82, 2.24) is 4.72 Å². The molecule has 0 aliphatic heterocycles. The first kappa shape index (κ1) is 17.1. The number of rotatable bonds is 7. The van der Waals surface area contributed by atoms with Crippen molar-refractivity contribution in [2.45, 2.75) is 11.4 Å². The molecule has 2 rings (SSSR count). The predicted octanol–water partition coefficient (Wildman–Crippen LogP) is 2.19. The predicted molar refractivity (Wildman–Crippen MR) is 86.6 cm³/mol. The van der Waals surface area contributed by atoms with Gasteiger partial charge in [-0.1, -0.05) is 30.3 Å². The number of ether oxygens (including phenoxy) is 3. The molecule has 0 saturated heterocycles. The van der Waals surface area contributed by atoms with Crippen LogP contribution < -0.4 is 18.9 Å². The molecule has 0 amide bonds. The van der Waals surface area contributed by atoms with Crippen LogP contribution in [-0.4, -0.2) is 29.7 Å². The summed E-state index contributed by atoms with van der Waals surface area (Å²) in [6, 6.07) is 12.2. The minimum atomic E-state index is -3.82. The Morgan fingerprint density at radius 1 is 0.913 bits per heavy atom. The standard InChI is InChI=1S/C16H19NO5S/c1-20-13-9-14(21-2)16(15(10-13)22-3)23(18,19)17-11-12-7-5-4-6-8-12/h4-10,17H,11H2,1-3H3. The van der Waals surface area contributed by atoms with Crippen LogP contribution in [0.5, 0.6) is 17.2 Å². The van der Waals surface area contributed by atoms with E-state index in [1.165, 1.54) is 33.5 Å². The van der Waals surface area contributed by atoms with Gasteiger partial charge in [-0.3, -0.25) is 0 Å². The Morgan fingerprint density at radius 3 is 1.96 bits per heavy atom. The quantitative estimate of drug-likeness (QED) is 0.838. The van der Waals surface area contributed by atoms with Gasteiger partial charge in [0, 0.05) is 18.7 Å². The molecule has 7 heteroatoms. The van der Waals surface area contributed by atoms with Crippen LogP contribution in [0.3, 0.4) is 0 Å². The highest BCUT2D eigenvalue weighted by Crippen LogP contribution is 2.37. The fraction of sp³-hybridized carbons (Fsp3) is 0.250. The third-order valence-electron chi connectivity index (χ3n) is 3.25. The summed E-state index contributed by atoms with van der Waals surface area (Å²) in [5.74, 6) is 0.754. The van der Waals surface area contributed by atoms with E-state index in [9.17, 15) is 8.42 Å². The van der Waals surface area contributed by atoms with E-state index in [1.54, 1.807) is 0 Å². The average molecular weight is 337 g/mol. The Labute approximate surface area is 136 Å². The fourth-order valence-corrected chi connectivity index (χ4v) is 3.40. The normalized spacial score (nSPS) is 11.1. The van der Waals surface area contributed by atoms with E-state index in [4.69, 9.17) is 14.2 Å². The lowest BCUT2D eigenvalue weighted by atomic mass is 10.2. The van der Waals surface area contributed by atoms with Crippen LogP contribution in [0, 0.1) is 0 Å². The highest BCUT2D eigenvalue weighted by molar-refractivity contribution is 7.89. The molecular formula is C16H19NO5S. The van der Waals surface area contributed by atoms with Crippen molar-refractivity contribution in [3.05, 3.63) is 48.0 Å². The van der Waals surface area contributed by atoms with Crippen molar-refractivity contribution in [3.8, 4) is 17.2 Å². The summed E-state index contributed by atoms with van der Waals surface area (Å²) in [6.07, 6.45) is 0. The molecule has 2 aromatic rings. The maximum Gasteiger partial charge on any atom is 0.248 e. The molecule has 0 bridgehead atoms. The number of nitrogens with one attached hydrogen (secondary N) is 1. The lowest BCUT2D eigenvalue weighted by molar-refractivity contribution is 0.358.